The first-order chi connectivity index (χ1) is 12.7. The molecule has 3 rings (SSSR count). The molecule has 0 radical (unpaired) electrons. The molecule has 26 heavy (non-hydrogen) atoms. The second-order valence-electron chi connectivity index (χ2n) is 6.49. The molecule has 138 valence electrons. The van der Waals surface area contributed by atoms with Gasteiger partial charge in [0.05, 0.1) is 19.3 Å². The lowest BCUT2D eigenvalue weighted by Crippen LogP contribution is -2.48. The van der Waals surface area contributed by atoms with Gasteiger partial charge in [0.25, 0.3) is 0 Å². The van der Waals surface area contributed by atoms with Gasteiger partial charge in [0.1, 0.15) is 5.75 Å². The lowest BCUT2D eigenvalue weighted by Gasteiger charge is -2.36. The fourth-order valence-corrected chi connectivity index (χ4v) is 3.38. The maximum atomic E-state index is 12.4. The van der Waals surface area contributed by atoms with E-state index in [0.717, 1.165) is 49.7 Å². The summed E-state index contributed by atoms with van der Waals surface area (Å²) >= 11 is 0. The molecule has 0 spiro atoms. The molecule has 0 atom stereocenters. The molecule has 1 aliphatic heterocycles. The molecule has 1 fully saturated rings. The van der Waals surface area contributed by atoms with Crippen LogP contribution in [0.5, 0.6) is 5.75 Å². The van der Waals surface area contributed by atoms with Gasteiger partial charge in [0.15, 0.2) is 0 Å². The van der Waals surface area contributed by atoms with Crippen molar-refractivity contribution in [3.8, 4) is 5.75 Å². The first-order valence-corrected chi connectivity index (χ1v) is 9.19. The summed E-state index contributed by atoms with van der Waals surface area (Å²) in [5.41, 5.74) is 3.21. The molecular weight excluding hydrogens is 326 g/mol. The first kappa shape index (κ1) is 18.3. The largest absolute Gasteiger partial charge is 0.495 e. The van der Waals surface area contributed by atoms with Gasteiger partial charge >= 0.3 is 0 Å². The van der Waals surface area contributed by atoms with E-state index in [1.165, 1.54) is 5.56 Å². The molecular formula is C21H27N3O2. The predicted octanol–water partition coefficient (Wildman–Crippen LogP) is 3.02. The van der Waals surface area contributed by atoms with Crippen molar-refractivity contribution in [2.24, 2.45) is 0 Å². The van der Waals surface area contributed by atoms with E-state index in [2.05, 4.69) is 34.2 Å². The normalized spacial score (nSPS) is 14.9. The Morgan fingerprint density at radius 1 is 1.04 bits per heavy atom. The number of piperazine rings is 1. The molecule has 1 aliphatic rings. The van der Waals surface area contributed by atoms with E-state index in [9.17, 15) is 4.79 Å². The van der Waals surface area contributed by atoms with Crippen LogP contribution in [0.2, 0.25) is 0 Å². The highest BCUT2D eigenvalue weighted by Crippen LogP contribution is 2.28. The third-order valence-electron chi connectivity index (χ3n) is 4.84. The van der Waals surface area contributed by atoms with Gasteiger partial charge in [0.2, 0.25) is 5.91 Å². The van der Waals surface area contributed by atoms with E-state index in [4.69, 9.17) is 4.74 Å². The summed E-state index contributed by atoms with van der Waals surface area (Å²) in [5.74, 6) is 0.950. The number of amides is 1. The minimum absolute atomic E-state index is 0.0524. The zero-order valence-electron chi connectivity index (χ0n) is 15.6. The van der Waals surface area contributed by atoms with Crippen LogP contribution in [0.1, 0.15) is 12.5 Å². The van der Waals surface area contributed by atoms with Gasteiger partial charge in [-0.15, -0.1) is 0 Å². The summed E-state index contributed by atoms with van der Waals surface area (Å²) in [6.07, 6.45) is 0.911. The van der Waals surface area contributed by atoms with Crippen LogP contribution < -0.4 is 15.0 Å². The van der Waals surface area contributed by atoms with Crippen molar-refractivity contribution in [3.63, 3.8) is 0 Å². The third kappa shape index (κ3) is 4.35. The highest BCUT2D eigenvalue weighted by Gasteiger charge is 2.21. The standard InChI is InChI=1S/C21H27N3O2/c1-3-17-8-4-5-9-18(17)22-21(25)16-23-12-14-24(15-13-23)19-10-6-7-11-20(19)26-2/h4-11H,3,12-16H2,1-2H3,(H,22,25). The SMILES string of the molecule is CCc1ccccc1NC(=O)CN1CCN(c2ccccc2OC)CC1. The molecule has 1 saturated heterocycles. The van der Waals surface area contributed by atoms with Crippen molar-refractivity contribution < 1.29 is 9.53 Å². The van der Waals surface area contributed by atoms with Gasteiger partial charge in [-0.2, -0.15) is 0 Å². The van der Waals surface area contributed by atoms with Crippen molar-refractivity contribution in [2.75, 3.05) is 50.1 Å². The Labute approximate surface area is 155 Å². The minimum Gasteiger partial charge on any atom is -0.495 e. The summed E-state index contributed by atoms with van der Waals surface area (Å²) in [7, 11) is 1.70. The predicted molar refractivity (Wildman–Crippen MR) is 106 cm³/mol. The van der Waals surface area contributed by atoms with Crippen LogP contribution in [0.25, 0.3) is 0 Å². The van der Waals surface area contributed by atoms with Gasteiger partial charge in [-0.05, 0) is 30.2 Å². The number of carbonyl (C=O) groups is 1. The van der Waals surface area contributed by atoms with Gasteiger partial charge in [0, 0.05) is 31.9 Å². The Kier molecular flexibility index (Phi) is 6.12. The maximum Gasteiger partial charge on any atom is 0.238 e. The number of nitrogens with one attached hydrogen (secondary N) is 1. The number of benzene rings is 2. The average molecular weight is 353 g/mol. The van der Waals surface area contributed by atoms with E-state index >= 15 is 0 Å². The molecule has 1 amide bonds. The molecule has 5 heteroatoms. The molecule has 5 nitrogen and oxygen atoms in total. The molecule has 0 saturated carbocycles. The average Bonchev–Trinajstić information content (AvgIpc) is 2.69. The smallest absolute Gasteiger partial charge is 0.238 e. The van der Waals surface area contributed by atoms with Crippen molar-refractivity contribution >= 4 is 17.3 Å². The molecule has 0 bridgehead atoms. The Morgan fingerprint density at radius 2 is 1.73 bits per heavy atom. The minimum atomic E-state index is 0.0524. The van der Waals surface area contributed by atoms with Crippen molar-refractivity contribution in [3.05, 3.63) is 54.1 Å². The summed E-state index contributed by atoms with van der Waals surface area (Å²) in [6.45, 7) is 6.03. The fourth-order valence-electron chi connectivity index (χ4n) is 3.38. The van der Waals surface area contributed by atoms with E-state index < -0.39 is 0 Å². The molecule has 2 aromatic carbocycles. The Morgan fingerprint density at radius 3 is 2.46 bits per heavy atom. The monoisotopic (exact) mass is 353 g/mol. The molecule has 2 aromatic rings. The fraction of sp³-hybridized carbons (Fsp3) is 0.381. The second kappa shape index (κ2) is 8.72. The maximum absolute atomic E-state index is 12.4. The number of anilines is 2. The lowest BCUT2D eigenvalue weighted by molar-refractivity contribution is -0.117. The summed E-state index contributed by atoms with van der Waals surface area (Å²) in [4.78, 5) is 16.9. The van der Waals surface area contributed by atoms with E-state index in [1.54, 1.807) is 7.11 Å². The quantitative estimate of drug-likeness (QED) is 0.867. The van der Waals surface area contributed by atoms with Crippen LogP contribution >= 0.6 is 0 Å². The molecule has 1 heterocycles. The topological polar surface area (TPSA) is 44.8 Å². The molecule has 1 N–H and O–H groups in total. The number of methoxy groups -OCH3 is 1. The number of rotatable bonds is 6. The summed E-state index contributed by atoms with van der Waals surface area (Å²) in [6, 6.07) is 16.1. The lowest BCUT2D eigenvalue weighted by atomic mass is 10.1. The van der Waals surface area contributed by atoms with Gasteiger partial charge in [-0.1, -0.05) is 37.3 Å². The number of para-hydroxylation sites is 3. The number of hydrogen-bond donors (Lipinski definition) is 1. The highest BCUT2D eigenvalue weighted by atomic mass is 16.5. The van der Waals surface area contributed by atoms with E-state index in [0.29, 0.717) is 6.54 Å². The van der Waals surface area contributed by atoms with E-state index in [-0.39, 0.29) is 5.91 Å². The van der Waals surface area contributed by atoms with Crippen molar-refractivity contribution in [1.29, 1.82) is 0 Å². The molecule has 0 aliphatic carbocycles. The Hall–Kier alpha value is -2.53. The zero-order chi connectivity index (χ0) is 18.4. The van der Waals surface area contributed by atoms with Crippen LogP contribution in [0.15, 0.2) is 48.5 Å². The van der Waals surface area contributed by atoms with Crippen LogP contribution in [-0.4, -0.2) is 50.6 Å². The van der Waals surface area contributed by atoms with Crippen LogP contribution in [-0.2, 0) is 11.2 Å². The number of hydrogen-bond acceptors (Lipinski definition) is 4. The van der Waals surface area contributed by atoms with Gasteiger partial charge in [-0.3, -0.25) is 9.69 Å². The first-order valence-electron chi connectivity index (χ1n) is 9.19. The Balaban J connectivity index is 1.53. The number of aryl methyl sites for hydroxylation is 1. The highest BCUT2D eigenvalue weighted by molar-refractivity contribution is 5.93. The third-order valence-corrected chi connectivity index (χ3v) is 4.84. The summed E-state index contributed by atoms with van der Waals surface area (Å²) in [5, 5.41) is 3.06. The summed E-state index contributed by atoms with van der Waals surface area (Å²) < 4.78 is 5.46. The van der Waals surface area contributed by atoms with Crippen molar-refractivity contribution in [2.45, 2.75) is 13.3 Å². The number of carbonyl (C=O) groups excluding carboxylic acids is 1. The van der Waals surface area contributed by atoms with Crippen LogP contribution in [0.3, 0.4) is 0 Å². The molecule has 0 aromatic heterocycles. The van der Waals surface area contributed by atoms with Gasteiger partial charge < -0.3 is 15.0 Å². The van der Waals surface area contributed by atoms with E-state index in [1.807, 2.05) is 36.4 Å². The second-order valence-corrected chi connectivity index (χ2v) is 6.49. The zero-order valence-corrected chi connectivity index (χ0v) is 15.6. The van der Waals surface area contributed by atoms with Crippen molar-refractivity contribution in [1.82, 2.24) is 4.90 Å². The molecule has 0 unspecified atom stereocenters. The van der Waals surface area contributed by atoms with Gasteiger partial charge in [-0.25, -0.2) is 0 Å². The number of ether oxygens (including phenoxy) is 1. The Bertz CT molecular complexity index is 740. The van der Waals surface area contributed by atoms with Crippen LogP contribution in [0.4, 0.5) is 11.4 Å². The number of nitrogens with zero attached hydrogens (tertiary/aromatic N) is 2. The van der Waals surface area contributed by atoms with Crippen LogP contribution in [0, 0.1) is 0 Å².